The lowest BCUT2D eigenvalue weighted by molar-refractivity contribution is 0.445. The second kappa shape index (κ2) is 4.44. The van der Waals surface area contributed by atoms with Crippen molar-refractivity contribution in [2.45, 2.75) is 0 Å². The van der Waals surface area contributed by atoms with Crippen molar-refractivity contribution in [2.75, 3.05) is 5.73 Å². The molecule has 0 spiro atoms. The molecular formula is C13H6F5N3. The Balaban J connectivity index is 2.43. The van der Waals surface area contributed by atoms with Crippen molar-refractivity contribution >= 4 is 17.0 Å². The molecule has 1 aromatic heterocycles. The van der Waals surface area contributed by atoms with Crippen molar-refractivity contribution < 1.29 is 22.0 Å². The van der Waals surface area contributed by atoms with Crippen LogP contribution in [0.1, 0.15) is 0 Å². The maximum absolute atomic E-state index is 13.9. The summed E-state index contributed by atoms with van der Waals surface area (Å²) in [5.41, 5.74) is 4.46. The van der Waals surface area contributed by atoms with Crippen molar-refractivity contribution in [1.29, 1.82) is 0 Å². The lowest BCUT2D eigenvalue weighted by Crippen LogP contribution is -2.06. The molecule has 0 atom stereocenters. The van der Waals surface area contributed by atoms with Gasteiger partial charge < -0.3 is 5.73 Å². The average molecular weight is 299 g/mol. The van der Waals surface area contributed by atoms with E-state index in [-0.39, 0.29) is 11.5 Å². The van der Waals surface area contributed by atoms with Gasteiger partial charge in [0, 0.05) is 0 Å². The Morgan fingerprint density at radius 1 is 0.810 bits per heavy atom. The molecule has 0 saturated carbocycles. The minimum absolute atomic E-state index is 0.0458. The Kier molecular flexibility index (Phi) is 2.82. The third-order valence-electron chi connectivity index (χ3n) is 2.99. The Morgan fingerprint density at radius 2 is 1.43 bits per heavy atom. The summed E-state index contributed by atoms with van der Waals surface area (Å²) in [5, 5.41) is 0. The SMILES string of the molecule is Nc1nc2ccc(F)c(F)c2n1-c1ccc(F)c(F)c1F. The minimum atomic E-state index is -1.74. The summed E-state index contributed by atoms with van der Waals surface area (Å²) in [7, 11) is 0. The highest BCUT2D eigenvalue weighted by molar-refractivity contribution is 5.81. The Bertz CT molecular complexity index is 872. The van der Waals surface area contributed by atoms with Crippen molar-refractivity contribution in [1.82, 2.24) is 9.55 Å². The zero-order valence-corrected chi connectivity index (χ0v) is 10.2. The van der Waals surface area contributed by atoms with E-state index in [1.54, 1.807) is 0 Å². The van der Waals surface area contributed by atoms with Crippen LogP contribution in [-0.4, -0.2) is 9.55 Å². The van der Waals surface area contributed by atoms with Crippen molar-refractivity contribution in [3.05, 3.63) is 53.4 Å². The molecule has 0 unspecified atom stereocenters. The molecule has 0 aliphatic heterocycles. The lowest BCUT2D eigenvalue weighted by atomic mass is 10.2. The van der Waals surface area contributed by atoms with Gasteiger partial charge >= 0.3 is 0 Å². The van der Waals surface area contributed by atoms with Crippen LogP contribution in [0.25, 0.3) is 16.7 Å². The first-order chi connectivity index (χ1) is 9.91. The standard InChI is InChI=1S/C13H6F5N3/c14-5-2-4-8(11(18)9(5)16)21-12-7(20-13(21)19)3-1-6(15)10(12)17/h1-4H,(H2,19,20). The van der Waals surface area contributed by atoms with Crippen LogP contribution in [0.2, 0.25) is 0 Å². The third-order valence-corrected chi connectivity index (χ3v) is 2.99. The van der Waals surface area contributed by atoms with Crippen LogP contribution in [0.5, 0.6) is 0 Å². The quantitative estimate of drug-likeness (QED) is 0.553. The van der Waals surface area contributed by atoms with Gasteiger partial charge in [-0.1, -0.05) is 0 Å². The second-order valence-electron chi connectivity index (χ2n) is 4.23. The monoisotopic (exact) mass is 299 g/mol. The van der Waals surface area contributed by atoms with E-state index in [0.29, 0.717) is 10.6 Å². The molecule has 0 radical (unpaired) electrons. The molecule has 3 aromatic rings. The summed E-state index contributed by atoms with van der Waals surface area (Å²) in [5.74, 6) is -7.65. The van der Waals surface area contributed by atoms with Gasteiger partial charge in [0.1, 0.15) is 5.52 Å². The number of hydrogen-bond donors (Lipinski definition) is 1. The zero-order chi connectivity index (χ0) is 15.3. The largest absolute Gasteiger partial charge is 0.369 e. The highest BCUT2D eigenvalue weighted by atomic mass is 19.2. The van der Waals surface area contributed by atoms with E-state index in [9.17, 15) is 22.0 Å². The van der Waals surface area contributed by atoms with E-state index in [1.807, 2.05) is 0 Å². The topological polar surface area (TPSA) is 43.8 Å². The molecule has 1 heterocycles. The smallest absolute Gasteiger partial charge is 0.206 e. The maximum atomic E-state index is 13.9. The first-order valence-electron chi connectivity index (χ1n) is 5.67. The number of nitrogen functional groups attached to an aromatic ring is 1. The van der Waals surface area contributed by atoms with Crippen LogP contribution in [-0.2, 0) is 0 Å². The minimum Gasteiger partial charge on any atom is -0.369 e. The van der Waals surface area contributed by atoms with E-state index in [2.05, 4.69) is 4.98 Å². The molecule has 0 fully saturated rings. The molecule has 2 N–H and O–H groups in total. The molecule has 2 aromatic carbocycles. The van der Waals surface area contributed by atoms with Gasteiger partial charge in [0.2, 0.25) is 5.95 Å². The van der Waals surface area contributed by atoms with Crippen molar-refractivity contribution in [3.63, 3.8) is 0 Å². The fraction of sp³-hybridized carbons (Fsp3) is 0. The van der Waals surface area contributed by atoms with Crippen molar-refractivity contribution in [3.8, 4) is 5.69 Å². The van der Waals surface area contributed by atoms with Crippen LogP contribution in [0.15, 0.2) is 24.3 Å². The molecule has 3 nitrogen and oxygen atoms in total. The van der Waals surface area contributed by atoms with Crippen molar-refractivity contribution in [2.24, 2.45) is 0 Å². The van der Waals surface area contributed by atoms with E-state index < -0.39 is 40.3 Å². The average Bonchev–Trinajstić information content (AvgIpc) is 2.78. The molecule has 0 saturated heterocycles. The Hall–Kier alpha value is -2.64. The van der Waals surface area contributed by atoms with Gasteiger partial charge in [-0.2, -0.15) is 0 Å². The number of imidazole rings is 1. The van der Waals surface area contributed by atoms with Crippen LogP contribution >= 0.6 is 0 Å². The van der Waals surface area contributed by atoms with E-state index in [0.717, 1.165) is 18.2 Å². The summed E-state index contributed by atoms with van der Waals surface area (Å²) in [6.45, 7) is 0. The predicted octanol–water partition coefficient (Wildman–Crippen LogP) is 3.30. The normalized spacial score (nSPS) is 11.3. The molecule has 0 aliphatic carbocycles. The molecule has 3 rings (SSSR count). The van der Waals surface area contributed by atoms with Gasteiger partial charge in [-0.25, -0.2) is 26.9 Å². The second-order valence-corrected chi connectivity index (χ2v) is 4.23. The van der Waals surface area contributed by atoms with Crippen LogP contribution < -0.4 is 5.73 Å². The molecule has 0 amide bonds. The fourth-order valence-corrected chi connectivity index (χ4v) is 2.05. The number of nitrogens with zero attached hydrogens (tertiary/aromatic N) is 2. The Labute approximate surface area is 114 Å². The maximum Gasteiger partial charge on any atom is 0.206 e. The molecule has 108 valence electrons. The van der Waals surface area contributed by atoms with Crippen LogP contribution in [0, 0.1) is 29.1 Å². The van der Waals surface area contributed by atoms with Crippen LogP contribution in [0.4, 0.5) is 27.9 Å². The van der Waals surface area contributed by atoms with Gasteiger partial charge in [0.05, 0.1) is 11.2 Å². The van der Waals surface area contributed by atoms with Gasteiger partial charge in [0.15, 0.2) is 29.1 Å². The third kappa shape index (κ3) is 1.83. The number of benzene rings is 2. The summed E-state index contributed by atoms with van der Waals surface area (Å²) >= 11 is 0. The highest BCUT2D eigenvalue weighted by Gasteiger charge is 2.22. The van der Waals surface area contributed by atoms with Gasteiger partial charge in [-0.05, 0) is 24.3 Å². The number of rotatable bonds is 1. The summed E-state index contributed by atoms with van der Waals surface area (Å²) in [6.07, 6.45) is 0. The number of anilines is 1. The van der Waals surface area contributed by atoms with E-state index in [4.69, 9.17) is 5.73 Å². The highest BCUT2D eigenvalue weighted by Crippen LogP contribution is 2.29. The van der Waals surface area contributed by atoms with Crippen LogP contribution in [0.3, 0.4) is 0 Å². The lowest BCUT2D eigenvalue weighted by Gasteiger charge is -2.09. The van der Waals surface area contributed by atoms with E-state index >= 15 is 0 Å². The molecule has 0 aliphatic rings. The summed E-state index contributed by atoms with van der Waals surface area (Å²) in [4.78, 5) is 3.74. The number of hydrogen-bond acceptors (Lipinski definition) is 2. The Morgan fingerprint density at radius 3 is 2.14 bits per heavy atom. The predicted molar refractivity (Wildman–Crippen MR) is 65.3 cm³/mol. The number of halogens is 5. The molecule has 8 heteroatoms. The first-order valence-corrected chi connectivity index (χ1v) is 5.67. The summed E-state index contributed by atoms with van der Waals surface area (Å²) in [6, 6.07) is 3.47. The first kappa shape index (κ1) is 13.3. The fourth-order valence-electron chi connectivity index (χ4n) is 2.05. The molecular weight excluding hydrogens is 293 g/mol. The number of fused-ring (bicyclic) bond motifs is 1. The van der Waals surface area contributed by atoms with Gasteiger partial charge in [-0.15, -0.1) is 0 Å². The number of aromatic nitrogens is 2. The van der Waals surface area contributed by atoms with Gasteiger partial charge in [-0.3, -0.25) is 4.57 Å². The molecule has 0 bridgehead atoms. The summed E-state index contributed by atoms with van der Waals surface area (Å²) < 4.78 is 68.0. The molecule has 21 heavy (non-hydrogen) atoms. The zero-order valence-electron chi connectivity index (χ0n) is 10.2. The van der Waals surface area contributed by atoms with Gasteiger partial charge in [0.25, 0.3) is 0 Å². The van der Waals surface area contributed by atoms with E-state index in [1.165, 1.54) is 0 Å². The number of nitrogens with two attached hydrogens (primary N) is 1.